The predicted octanol–water partition coefficient (Wildman–Crippen LogP) is 3.29. The van der Waals surface area contributed by atoms with Gasteiger partial charge in [-0.1, -0.05) is 18.2 Å². The van der Waals surface area contributed by atoms with E-state index in [1.54, 1.807) is 24.4 Å². The van der Waals surface area contributed by atoms with Gasteiger partial charge in [-0.2, -0.15) is 0 Å². The molecular weight excluding hydrogens is 392 g/mol. The SMILES string of the molecule is NC1CC1c1ccc(NC(=O)CCCCNC(=O)c2ccc(O)c3ncccc23)cc1. The number of fused-ring (bicyclic) bond motifs is 1. The van der Waals surface area contributed by atoms with E-state index in [0.717, 1.165) is 12.1 Å². The van der Waals surface area contributed by atoms with Crippen LogP contribution in [-0.2, 0) is 4.79 Å². The Bertz CT molecular complexity index is 1100. The molecule has 1 aliphatic rings. The van der Waals surface area contributed by atoms with Crippen molar-refractivity contribution in [3.63, 3.8) is 0 Å². The molecule has 0 bridgehead atoms. The summed E-state index contributed by atoms with van der Waals surface area (Å²) in [7, 11) is 0. The van der Waals surface area contributed by atoms with Gasteiger partial charge in [-0.15, -0.1) is 0 Å². The van der Waals surface area contributed by atoms with Crippen LogP contribution in [0.4, 0.5) is 5.69 Å². The van der Waals surface area contributed by atoms with Gasteiger partial charge in [-0.25, -0.2) is 0 Å². The highest BCUT2D eigenvalue weighted by atomic mass is 16.3. The van der Waals surface area contributed by atoms with Gasteiger partial charge in [0.05, 0.1) is 0 Å². The molecule has 2 aromatic carbocycles. The fraction of sp³-hybridized carbons (Fsp3) is 0.292. The fourth-order valence-corrected chi connectivity index (χ4v) is 3.70. The van der Waals surface area contributed by atoms with Gasteiger partial charge in [0.15, 0.2) is 0 Å². The van der Waals surface area contributed by atoms with E-state index in [0.29, 0.717) is 48.2 Å². The van der Waals surface area contributed by atoms with Crippen LogP contribution in [0.2, 0.25) is 0 Å². The molecule has 1 aromatic heterocycles. The number of unbranched alkanes of at least 4 members (excludes halogenated alkanes) is 1. The van der Waals surface area contributed by atoms with Crippen molar-refractivity contribution < 1.29 is 14.7 Å². The molecule has 0 saturated heterocycles. The maximum absolute atomic E-state index is 12.5. The van der Waals surface area contributed by atoms with Crippen LogP contribution >= 0.6 is 0 Å². The molecule has 2 amide bonds. The second-order valence-corrected chi connectivity index (χ2v) is 7.92. The van der Waals surface area contributed by atoms with E-state index in [-0.39, 0.29) is 23.6 Å². The summed E-state index contributed by atoms with van der Waals surface area (Å²) in [6, 6.07) is 14.7. The van der Waals surface area contributed by atoms with Gasteiger partial charge in [0.1, 0.15) is 11.3 Å². The average Bonchev–Trinajstić information content (AvgIpc) is 3.51. The number of nitrogens with two attached hydrogens (primary N) is 1. The smallest absolute Gasteiger partial charge is 0.251 e. The van der Waals surface area contributed by atoms with Gasteiger partial charge in [-0.05, 0) is 55.2 Å². The second-order valence-electron chi connectivity index (χ2n) is 7.92. The van der Waals surface area contributed by atoms with Crippen LogP contribution < -0.4 is 16.4 Å². The minimum absolute atomic E-state index is 0.0437. The molecule has 5 N–H and O–H groups in total. The number of hydrogen-bond acceptors (Lipinski definition) is 5. The number of aromatic nitrogens is 1. The molecule has 7 nitrogen and oxygen atoms in total. The summed E-state index contributed by atoms with van der Waals surface area (Å²) in [5.41, 5.74) is 8.74. The number of carbonyl (C=O) groups excluding carboxylic acids is 2. The lowest BCUT2D eigenvalue weighted by molar-refractivity contribution is -0.116. The van der Waals surface area contributed by atoms with Crippen LogP contribution in [0.5, 0.6) is 5.75 Å². The summed E-state index contributed by atoms with van der Waals surface area (Å²) in [6.45, 7) is 0.463. The van der Waals surface area contributed by atoms with E-state index in [9.17, 15) is 14.7 Å². The molecule has 1 saturated carbocycles. The molecule has 0 spiro atoms. The number of phenols is 1. The number of anilines is 1. The first-order chi connectivity index (χ1) is 15.0. The molecule has 4 rings (SSSR count). The monoisotopic (exact) mass is 418 g/mol. The van der Waals surface area contributed by atoms with Crippen molar-refractivity contribution in [1.29, 1.82) is 0 Å². The second kappa shape index (κ2) is 9.14. The van der Waals surface area contributed by atoms with Crippen molar-refractivity contribution in [3.05, 3.63) is 65.9 Å². The normalized spacial score (nSPS) is 17.3. The number of amides is 2. The third kappa shape index (κ3) is 5.00. The summed E-state index contributed by atoms with van der Waals surface area (Å²) >= 11 is 0. The molecule has 2 unspecified atom stereocenters. The lowest BCUT2D eigenvalue weighted by Gasteiger charge is -2.09. The van der Waals surface area contributed by atoms with Crippen molar-refractivity contribution in [1.82, 2.24) is 10.3 Å². The average molecular weight is 418 g/mol. The van der Waals surface area contributed by atoms with E-state index in [2.05, 4.69) is 15.6 Å². The summed E-state index contributed by atoms with van der Waals surface area (Å²) < 4.78 is 0. The van der Waals surface area contributed by atoms with Crippen molar-refractivity contribution in [2.45, 2.75) is 37.6 Å². The van der Waals surface area contributed by atoms with Crippen LogP contribution in [0.1, 0.15) is 47.5 Å². The van der Waals surface area contributed by atoms with Gasteiger partial charge in [-0.3, -0.25) is 14.6 Å². The summed E-state index contributed by atoms with van der Waals surface area (Å²) in [4.78, 5) is 28.8. The number of nitrogens with zero attached hydrogens (tertiary/aromatic N) is 1. The lowest BCUT2D eigenvalue weighted by Crippen LogP contribution is -2.25. The van der Waals surface area contributed by atoms with Crippen LogP contribution in [0.15, 0.2) is 54.7 Å². The lowest BCUT2D eigenvalue weighted by atomic mass is 10.1. The highest BCUT2D eigenvalue weighted by molar-refractivity contribution is 6.07. The molecule has 1 heterocycles. The number of benzene rings is 2. The third-order valence-electron chi connectivity index (χ3n) is 5.57. The highest BCUT2D eigenvalue weighted by Gasteiger charge is 2.34. The zero-order valence-electron chi connectivity index (χ0n) is 17.2. The Morgan fingerprint density at radius 1 is 1.10 bits per heavy atom. The van der Waals surface area contributed by atoms with Gasteiger partial charge < -0.3 is 21.5 Å². The number of carbonyl (C=O) groups is 2. The number of aromatic hydroxyl groups is 1. The van der Waals surface area contributed by atoms with Crippen LogP contribution in [0, 0.1) is 0 Å². The van der Waals surface area contributed by atoms with Gasteiger partial charge >= 0.3 is 0 Å². The van der Waals surface area contributed by atoms with Crippen LogP contribution in [-0.4, -0.2) is 34.5 Å². The van der Waals surface area contributed by atoms with E-state index >= 15 is 0 Å². The molecule has 1 fully saturated rings. The molecular formula is C24H26N4O3. The maximum atomic E-state index is 12.5. The van der Waals surface area contributed by atoms with Crippen molar-refractivity contribution in [2.24, 2.45) is 5.73 Å². The van der Waals surface area contributed by atoms with Crippen molar-refractivity contribution >= 4 is 28.4 Å². The molecule has 1 aliphatic carbocycles. The van der Waals surface area contributed by atoms with Gasteiger partial charge in [0.2, 0.25) is 5.91 Å². The highest BCUT2D eigenvalue weighted by Crippen LogP contribution is 2.39. The van der Waals surface area contributed by atoms with E-state index < -0.39 is 0 Å². The molecule has 0 radical (unpaired) electrons. The first-order valence-electron chi connectivity index (χ1n) is 10.5. The quantitative estimate of drug-likeness (QED) is 0.419. The van der Waals surface area contributed by atoms with E-state index in [1.807, 2.05) is 24.3 Å². The number of pyridine rings is 1. The number of rotatable bonds is 8. The first-order valence-corrected chi connectivity index (χ1v) is 10.5. The summed E-state index contributed by atoms with van der Waals surface area (Å²) in [5, 5.41) is 16.3. The minimum atomic E-state index is -0.224. The molecule has 3 aromatic rings. The number of phenolic OH excluding ortho intramolecular Hbond substituents is 1. The zero-order chi connectivity index (χ0) is 21.8. The van der Waals surface area contributed by atoms with Gasteiger partial charge in [0.25, 0.3) is 5.91 Å². The molecule has 31 heavy (non-hydrogen) atoms. The van der Waals surface area contributed by atoms with Gasteiger partial charge in [0, 0.05) is 47.8 Å². The fourth-order valence-electron chi connectivity index (χ4n) is 3.70. The standard InChI is InChI=1S/C24H26N4O3/c25-20-14-19(20)15-6-8-16(9-7-15)28-22(30)5-1-2-12-27-24(31)18-10-11-21(29)23-17(18)4-3-13-26-23/h3-4,6-11,13,19-20,29H,1-2,5,12,14,25H2,(H,27,31)(H,28,30). The Morgan fingerprint density at radius 3 is 2.61 bits per heavy atom. The largest absolute Gasteiger partial charge is 0.506 e. The topological polar surface area (TPSA) is 117 Å². The molecule has 160 valence electrons. The van der Waals surface area contributed by atoms with Crippen molar-refractivity contribution in [2.75, 3.05) is 11.9 Å². The van der Waals surface area contributed by atoms with E-state index in [4.69, 9.17) is 5.73 Å². The minimum Gasteiger partial charge on any atom is -0.506 e. The van der Waals surface area contributed by atoms with Crippen LogP contribution in [0.3, 0.4) is 0 Å². The molecule has 7 heteroatoms. The first kappa shape index (κ1) is 20.8. The Kier molecular flexibility index (Phi) is 6.13. The molecule has 0 aliphatic heterocycles. The third-order valence-corrected chi connectivity index (χ3v) is 5.57. The Labute approximate surface area is 180 Å². The van der Waals surface area contributed by atoms with Crippen LogP contribution in [0.25, 0.3) is 10.9 Å². The maximum Gasteiger partial charge on any atom is 0.251 e. The summed E-state index contributed by atoms with van der Waals surface area (Å²) in [6.07, 6.45) is 4.34. The predicted molar refractivity (Wildman–Crippen MR) is 120 cm³/mol. The zero-order valence-corrected chi connectivity index (χ0v) is 17.2. The Hall–Kier alpha value is -3.45. The Balaban J connectivity index is 1.19. The number of hydrogen-bond donors (Lipinski definition) is 4. The van der Waals surface area contributed by atoms with Crippen molar-refractivity contribution in [3.8, 4) is 5.75 Å². The Morgan fingerprint density at radius 2 is 1.87 bits per heavy atom. The van der Waals surface area contributed by atoms with E-state index in [1.165, 1.54) is 11.6 Å². The number of nitrogens with one attached hydrogen (secondary N) is 2. The summed E-state index contributed by atoms with van der Waals surface area (Å²) in [5.74, 6) is 0.232. The molecule has 2 atom stereocenters.